The summed E-state index contributed by atoms with van der Waals surface area (Å²) in [7, 11) is 0. The maximum absolute atomic E-state index is 9.07. The Morgan fingerprint density at radius 2 is 2.11 bits per heavy atom. The maximum atomic E-state index is 9.07. The van der Waals surface area contributed by atoms with Gasteiger partial charge in [-0.3, -0.25) is 0 Å². The number of ether oxygens (including phenoxy) is 1. The van der Waals surface area contributed by atoms with Crippen molar-refractivity contribution in [3.8, 4) is 22.4 Å². The molecule has 0 atom stereocenters. The van der Waals surface area contributed by atoms with Crippen LogP contribution in [0.3, 0.4) is 0 Å². The molecule has 2 rings (SSSR count). The third-order valence-electron chi connectivity index (χ3n) is 2.55. The second kappa shape index (κ2) is 5.65. The van der Waals surface area contributed by atoms with Gasteiger partial charge >= 0.3 is 0 Å². The predicted octanol–water partition coefficient (Wildman–Crippen LogP) is 3.64. The highest BCUT2D eigenvalue weighted by atomic mass is 32.1. The van der Waals surface area contributed by atoms with Crippen molar-refractivity contribution in [2.75, 3.05) is 6.61 Å². The fourth-order valence-electron chi connectivity index (χ4n) is 1.72. The van der Waals surface area contributed by atoms with Crippen molar-refractivity contribution >= 4 is 11.3 Å². The van der Waals surface area contributed by atoms with E-state index in [9.17, 15) is 0 Å². The van der Waals surface area contributed by atoms with Crippen LogP contribution in [0.25, 0.3) is 10.6 Å². The predicted molar refractivity (Wildman–Crippen MR) is 72.8 cm³/mol. The SMILES string of the molecule is CCOc1ccccc1-c1nc(CC)c(C#N)s1. The first-order chi connectivity index (χ1) is 8.80. The van der Waals surface area contributed by atoms with Gasteiger partial charge in [0.25, 0.3) is 0 Å². The first-order valence-corrected chi connectivity index (χ1v) is 6.73. The summed E-state index contributed by atoms with van der Waals surface area (Å²) in [6.07, 6.45) is 0.774. The van der Waals surface area contributed by atoms with Gasteiger partial charge in [-0.05, 0) is 25.5 Å². The minimum Gasteiger partial charge on any atom is -0.493 e. The number of rotatable bonds is 4. The highest BCUT2D eigenvalue weighted by Gasteiger charge is 2.14. The molecule has 0 unspecified atom stereocenters. The summed E-state index contributed by atoms with van der Waals surface area (Å²) in [4.78, 5) is 5.22. The number of thiazole rings is 1. The van der Waals surface area contributed by atoms with E-state index in [1.165, 1.54) is 11.3 Å². The molecule has 0 fully saturated rings. The summed E-state index contributed by atoms with van der Waals surface area (Å²) < 4.78 is 5.59. The summed E-state index contributed by atoms with van der Waals surface area (Å²) >= 11 is 1.42. The zero-order valence-corrected chi connectivity index (χ0v) is 11.3. The van der Waals surface area contributed by atoms with Crippen molar-refractivity contribution in [2.45, 2.75) is 20.3 Å². The molecule has 3 nitrogen and oxygen atoms in total. The minimum absolute atomic E-state index is 0.619. The van der Waals surface area contributed by atoms with Gasteiger partial charge in [0.1, 0.15) is 21.7 Å². The molecule has 18 heavy (non-hydrogen) atoms. The van der Waals surface area contributed by atoms with Crippen LogP contribution in [-0.4, -0.2) is 11.6 Å². The average molecular weight is 258 g/mol. The quantitative estimate of drug-likeness (QED) is 0.841. The van der Waals surface area contributed by atoms with Crippen LogP contribution in [0.1, 0.15) is 24.4 Å². The number of nitrogens with zero attached hydrogens (tertiary/aromatic N) is 2. The Morgan fingerprint density at radius 1 is 1.33 bits per heavy atom. The van der Waals surface area contributed by atoms with Gasteiger partial charge in [-0.1, -0.05) is 19.1 Å². The Balaban J connectivity index is 2.49. The molecule has 0 saturated carbocycles. The first-order valence-electron chi connectivity index (χ1n) is 5.92. The monoisotopic (exact) mass is 258 g/mol. The Bertz CT molecular complexity index is 584. The van der Waals surface area contributed by atoms with E-state index < -0.39 is 0 Å². The lowest BCUT2D eigenvalue weighted by atomic mass is 10.2. The number of hydrogen-bond acceptors (Lipinski definition) is 4. The van der Waals surface area contributed by atoms with Crippen molar-refractivity contribution < 1.29 is 4.74 Å². The molecule has 0 bridgehead atoms. The summed E-state index contributed by atoms with van der Waals surface area (Å²) in [5.41, 5.74) is 1.82. The van der Waals surface area contributed by atoms with Gasteiger partial charge < -0.3 is 4.74 Å². The molecule has 1 heterocycles. The third kappa shape index (κ3) is 2.36. The largest absolute Gasteiger partial charge is 0.493 e. The van der Waals surface area contributed by atoms with E-state index in [2.05, 4.69) is 11.1 Å². The van der Waals surface area contributed by atoms with Crippen molar-refractivity contribution in [3.63, 3.8) is 0 Å². The van der Waals surface area contributed by atoms with Crippen LogP contribution in [0.2, 0.25) is 0 Å². The molecule has 0 saturated heterocycles. The molecular weight excluding hydrogens is 244 g/mol. The van der Waals surface area contributed by atoms with E-state index in [1.807, 2.05) is 38.1 Å². The molecule has 4 heteroatoms. The van der Waals surface area contributed by atoms with Crippen LogP contribution in [0.15, 0.2) is 24.3 Å². The van der Waals surface area contributed by atoms with Gasteiger partial charge in [0.15, 0.2) is 0 Å². The Labute approximate surface area is 111 Å². The minimum atomic E-state index is 0.619. The number of nitriles is 1. The lowest BCUT2D eigenvalue weighted by Crippen LogP contribution is -1.93. The van der Waals surface area contributed by atoms with Crippen LogP contribution < -0.4 is 4.74 Å². The number of aryl methyl sites for hydroxylation is 1. The number of hydrogen-bond donors (Lipinski definition) is 0. The molecule has 2 aromatic rings. The maximum Gasteiger partial charge on any atom is 0.129 e. The van der Waals surface area contributed by atoms with Crippen molar-refractivity contribution in [1.29, 1.82) is 5.26 Å². The average Bonchev–Trinajstić information content (AvgIpc) is 2.83. The lowest BCUT2D eigenvalue weighted by molar-refractivity contribution is 0.341. The number of para-hydroxylation sites is 1. The lowest BCUT2D eigenvalue weighted by Gasteiger charge is -2.07. The Hall–Kier alpha value is -1.86. The topological polar surface area (TPSA) is 45.9 Å². The molecule has 0 aliphatic carbocycles. The molecule has 0 N–H and O–H groups in total. The smallest absolute Gasteiger partial charge is 0.129 e. The normalized spacial score (nSPS) is 10.1. The summed E-state index contributed by atoms with van der Waals surface area (Å²) in [6, 6.07) is 10.0. The number of benzene rings is 1. The van der Waals surface area contributed by atoms with Gasteiger partial charge in [-0.2, -0.15) is 5.26 Å². The van der Waals surface area contributed by atoms with Gasteiger partial charge in [0.05, 0.1) is 17.9 Å². The van der Waals surface area contributed by atoms with E-state index in [0.29, 0.717) is 11.5 Å². The number of aromatic nitrogens is 1. The molecule has 0 spiro atoms. The molecule has 0 amide bonds. The molecule has 1 aromatic carbocycles. The van der Waals surface area contributed by atoms with Crippen molar-refractivity contribution in [1.82, 2.24) is 4.98 Å². The zero-order chi connectivity index (χ0) is 13.0. The van der Waals surface area contributed by atoms with E-state index >= 15 is 0 Å². The Kier molecular flexibility index (Phi) is 3.96. The van der Waals surface area contributed by atoms with Crippen LogP contribution in [-0.2, 0) is 6.42 Å². The van der Waals surface area contributed by atoms with Gasteiger partial charge in [0.2, 0.25) is 0 Å². The first kappa shape index (κ1) is 12.6. The van der Waals surface area contributed by atoms with E-state index in [4.69, 9.17) is 10.00 Å². The van der Waals surface area contributed by atoms with Crippen LogP contribution >= 0.6 is 11.3 Å². The summed E-state index contributed by atoms with van der Waals surface area (Å²) in [6.45, 7) is 4.58. The molecule has 0 aliphatic heterocycles. The van der Waals surface area contributed by atoms with Gasteiger partial charge in [-0.15, -0.1) is 11.3 Å². The standard InChI is InChI=1S/C14H14N2OS/c1-3-11-13(9-15)18-14(16-11)10-7-5-6-8-12(10)17-4-2/h5-8H,3-4H2,1-2H3. The van der Waals surface area contributed by atoms with E-state index in [0.717, 1.165) is 28.4 Å². The van der Waals surface area contributed by atoms with Crippen LogP contribution in [0.4, 0.5) is 0 Å². The van der Waals surface area contributed by atoms with E-state index in [-0.39, 0.29) is 0 Å². The molecule has 1 aromatic heterocycles. The van der Waals surface area contributed by atoms with Gasteiger partial charge in [-0.25, -0.2) is 4.98 Å². The molecule has 0 radical (unpaired) electrons. The second-order valence-electron chi connectivity index (χ2n) is 3.69. The van der Waals surface area contributed by atoms with Crippen LogP contribution in [0.5, 0.6) is 5.75 Å². The Morgan fingerprint density at radius 3 is 2.72 bits per heavy atom. The summed E-state index contributed by atoms with van der Waals surface area (Å²) in [5, 5.41) is 9.93. The third-order valence-corrected chi connectivity index (χ3v) is 3.59. The van der Waals surface area contributed by atoms with Crippen molar-refractivity contribution in [2.24, 2.45) is 0 Å². The fraction of sp³-hybridized carbons (Fsp3) is 0.286. The molecular formula is C14H14N2OS. The van der Waals surface area contributed by atoms with E-state index in [1.54, 1.807) is 0 Å². The fourth-order valence-corrected chi connectivity index (χ4v) is 2.70. The highest BCUT2D eigenvalue weighted by molar-refractivity contribution is 7.15. The summed E-state index contributed by atoms with van der Waals surface area (Å²) in [5.74, 6) is 0.820. The highest BCUT2D eigenvalue weighted by Crippen LogP contribution is 2.34. The van der Waals surface area contributed by atoms with Crippen molar-refractivity contribution in [3.05, 3.63) is 34.8 Å². The second-order valence-corrected chi connectivity index (χ2v) is 4.69. The molecule has 0 aliphatic rings. The molecule has 92 valence electrons. The zero-order valence-electron chi connectivity index (χ0n) is 10.4. The van der Waals surface area contributed by atoms with Gasteiger partial charge in [0, 0.05) is 0 Å². The van der Waals surface area contributed by atoms with Crippen LogP contribution in [0, 0.1) is 11.3 Å².